The lowest BCUT2D eigenvalue weighted by Crippen LogP contribution is -2.19. The van der Waals surface area contributed by atoms with Gasteiger partial charge in [0.25, 0.3) is 0 Å². The molecular formula is C22H24N2O4. The van der Waals surface area contributed by atoms with Gasteiger partial charge >= 0.3 is 11.9 Å². The number of ether oxygens (including phenoxy) is 2. The number of nitrogens with one attached hydrogen (secondary N) is 2. The highest BCUT2D eigenvalue weighted by atomic mass is 16.6. The molecule has 0 atom stereocenters. The third-order valence-corrected chi connectivity index (χ3v) is 4.60. The first-order valence-electron chi connectivity index (χ1n) is 9.29. The molecule has 3 rings (SSSR count). The first kappa shape index (κ1) is 19.5. The lowest BCUT2D eigenvalue weighted by Gasteiger charge is -2.12. The number of hydrogen-bond donors (Lipinski definition) is 2. The molecule has 28 heavy (non-hydrogen) atoms. The average Bonchev–Trinajstić information content (AvgIpc) is 3.06. The van der Waals surface area contributed by atoms with Crippen LogP contribution in [-0.4, -0.2) is 30.1 Å². The van der Waals surface area contributed by atoms with Gasteiger partial charge in [-0.15, -0.1) is 0 Å². The molecule has 2 aromatic carbocycles. The van der Waals surface area contributed by atoms with Crippen molar-refractivity contribution in [1.29, 1.82) is 0 Å². The zero-order valence-corrected chi connectivity index (χ0v) is 16.5. The van der Waals surface area contributed by atoms with Gasteiger partial charge in [0.1, 0.15) is 0 Å². The van der Waals surface area contributed by atoms with E-state index in [2.05, 4.69) is 16.4 Å². The van der Waals surface area contributed by atoms with E-state index in [4.69, 9.17) is 9.47 Å². The summed E-state index contributed by atoms with van der Waals surface area (Å²) in [6.07, 6.45) is 1.36. The van der Waals surface area contributed by atoms with Gasteiger partial charge in [0.2, 0.25) is 0 Å². The van der Waals surface area contributed by atoms with Crippen LogP contribution in [0.1, 0.15) is 25.0 Å². The first-order chi connectivity index (χ1) is 13.5. The molecule has 0 aliphatic carbocycles. The number of anilines is 1. The second kappa shape index (κ2) is 8.17. The van der Waals surface area contributed by atoms with Gasteiger partial charge in [0.15, 0.2) is 5.57 Å². The molecule has 0 aliphatic heterocycles. The Morgan fingerprint density at radius 3 is 2.36 bits per heavy atom. The smallest absolute Gasteiger partial charge is 0.347 e. The first-order valence-corrected chi connectivity index (χ1v) is 9.29. The number of fused-ring (bicyclic) bond motifs is 3. The summed E-state index contributed by atoms with van der Waals surface area (Å²) in [6, 6.07) is 10.1. The molecule has 0 aliphatic rings. The van der Waals surface area contributed by atoms with E-state index >= 15 is 0 Å². The van der Waals surface area contributed by atoms with Crippen molar-refractivity contribution in [3.63, 3.8) is 0 Å². The number of rotatable bonds is 6. The average molecular weight is 380 g/mol. The fourth-order valence-electron chi connectivity index (χ4n) is 3.28. The van der Waals surface area contributed by atoms with Crippen molar-refractivity contribution in [1.82, 2.24) is 4.98 Å². The van der Waals surface area contributed by atoms with Crippen LogP contribution in [-0.2, 0) is 19.1 Å². The van der Waals surface area contributed by atoms with Crippen LogP contribution in [0.25, 0.3) is 21.8 Å². The molecule has 2 N–H and O–H groups in total. The predicted molar refractivity (Wildman–Crippen MR) is 110 cm³/mol. The van der Waals surface area contributed by atoms with Crippen molar-refractivity contribution in [2.24, 2.45) is 0 Å². The lowest BCUT2D eigenvalue weighted by molar-refractivity contribution is -0.146. The number of aromatic amines is 1. The second-order valence-corrected chi connectivity index (χ2v) is 6.43. The van der Waals surface area contributed by atoms with Crippen molar-refractivity contribution < 1.29 is 19.1 Å². The molecule has 0 spiro atoms. The highest BCUT2D eigenvalue weighted by molar-refractivity contribution is 6.14. The van der Waals surface area contributed by atoms with Crippen molar-refractivity contribution >= 4 is 39.4 Å². The van der Waals surface area contributed by atoms with Crippen molar-refractivity contribution in [3.8, 4) is 0 Å². The van der Waals surface area contributed by atoms with Gasteiger partial charge in [0.05, 0.1) is 13.2 Å². The van der Waals surface area contributed by atoms with E-state index in [0.29, 0.717) is 0 Å². The Morgan fingerprint density at radius 1 is 1.07 bits per heavy atom. The molecule has 0 bridgehead atoms. The molecule has 6 nitrogen and oxygen atoms in total. The summed E-state index contributed by atoms with van der Waals surface area (Å²) in [5, 5.41) is 5.34. The fraction of sp³-hybridized carbons (Fsp3) is 0.273. The van der Waals surface area contributed by atoms with Crippen molar-refractivity contribution in [3.05, 3.63) is 53.2 Å². The van der Waals surface area contributed by atoms with Crippen LogP contribution in [0.15, 0.2) is 42.1 Å². The summed E-state index contributed by atoms with van der Waals surface area (Å²) >= 11 is 0. The van der Waals surface area contributed by atoms with E-state index in [1.54, 1.807) is 13.8 Å². The Bertz CT molecular complexity index is 1060. The molecule has 0 saturated carbocycles. The zero-order chi connectivity index (χ0) is 20.3. The maximum absolute atomic E-state index is 12.1. The number of benzene rings is 2. The van der Waals surface area contributed by atoms with E-state index in [-0.39, 0.29) is 18.8 Å². The largest absolute Gasteiger partial charge is 0.462 e. The van der Waals surface area contributed by atoms with E-state index < -0.39 is 11.9 Å². The van der Waals surface area contributed by atoms with Crippen LogP contribution in [0.3, 0.4) is 0 Å². The quantitative estimate of drug-likeness (QED) is 0.287. The van der Waals surface area contributed by atoms with E-state index in [0.717, 1.165) is 38.6 Å². The summed E-state index contributed by atoms with van der Waals surface area (Å²) in [5.74, 6) is -1.42. The molecule has 3 aromatic rings. The Morgan fingerprint density at radius 2 is 1.71 bits per heavy atom. The lowest BCUT2D eigenvalue weighted by atomic mass is 10.0. The van der Waals surface area contributed by atoms with Gasteiger partial charge in [-0.3, -0.25) is 0 Å². The number of H-pyrrole nitrogens is 1. The van der Waals surface area contributed by atoms with Gasteiger partial charge in [-0.05, 0) is 51.0 Å². The minimum atomic E-state index is -0.712. The molecule has 0 unspecified atom stereocenters. The normalized spacial score (nSPS) is 10.7. The fourth-order valence-corrected chi connectivity index (χ4v) is 3.28. The summed E-state index contributed by atoms with van der Waals surface area (Å²) in [4.78, 5) is 27.7. The third-order valence-electron chi connectivity index (χ3n) is 4.60. The monoisotopic (exact) mass is 380 g/mol. The summed E-state index contributed by atoms with van der Waals surface area (Å²) < 4.78 is 9.95. The number of aryl methyl sites for hydroxylation is 2. The van der Waals surface area contributed by atoms with E-state index in [9.17, 15) is 9.59 Å². The van der Waals surface area contributed by atoms with Gasteiger partial charge in [-0.2, -0.15) is 0 Å². The van der Waals surface area contributed by atoms with Gasteiger partial charge < -0.3 is 19.8 Å². The predicted octanol–water partition coefficient (Wildman–Crippen LogP) is 4.36. The Hall–Kier alpha value is -3.28. The number of aromatic nitrogens is 1. The highest BCUT2D eigenvalue weighted by Crippen LogP contribution is 2.34. The maximum atomic E-state index is 12.1. The van der Waals surface area contributed by atoms with Crippen LogP contribution in [0.5, 0.6) is 0 Å². The highest BCUT2D eigenvalue weighted by Gasteiger charge is 2.21. The summed E-state index contributed by atoms with van der Waals surface area (Å²) in [6.45, 7) is 7.75. The molecular weight excluding hydrogens is 356 g/mol. The number of para-hydroxylation sites is 1. The van der Waals surface area contributed by atoms with Gasteiger partial charge in [-0.1, -0.05) is 18.2 Å². The summed E-state index contributed by atoms with van der Waals surface area (Å²) in [5.41, 5.74) is 4.85. The third kappa shape index (κ3) is 3.58. The molecule has 0 radical (unpaired) electrons. The Kier molecular flexibility index (Phi) is 5.68. The summed E-state index contributed by atoms with van der Waals surface area (Å²) in [7, 11) is 0. The van der Waals surface area contributed by atoms with E-state index in [1.807, 2.05) is 38.1 Å². The maximum Gasteiger partial charge on any atom is 0.347 e. The van der Waals surface area contributed by atoms with Crippen LogP contribution < -0.4 is 5.32 Å². The standard InChI is InChI=1S/C22H24N2O4/c1-5-27-21(25)16(22(26)28-6-2)12-23-18-11-13(3)20-19(14(18)4)15-9-7-8-10-17(15)24-20/h7-12,23-24H,5-6H2,1-4H3. The molecule has 146 valence electrons. The number of esters is 2. The second-order valence-electron chi connectivity index (χ2n) is 6.43. The Labute approximate surface area is 163 Å². The van der Waals surface area contributed by atoms with Crippen LogP contribution >= 0.6 is 0 Å². The number of carbonyl (C=O) groups is 2. The molecule has 1 heterocycles. The minimum absolute atomic E-state index is 0.167. The number of carbonyl (C=O) groups excluding carboxylic acids is 2. The molecule has 0 saturated heterocycles. The van der Waals surface area contributed by atoms with Crippen LogP contribution in [0, 0.1) is 13.8 Å². The van der Waals surface area contributed by atoms with E-state index in [1.165, 1.54) is 6.20 Å². The van der Waals surface area contributed by atoms with Crippen molar-refractivity contribution in [2.45, 2.75) is 27.7 Å². The SMILES string of the molecule is CCOC(=O)C(=CNc1cc(C)c2[nH]c3ccccc3c2c1C)C(=O)OCC. The van der Waals surface area contributed by atoms with Crippen molar-refractivity contribution in [2.75, 3.05) is 18.5 Å². The van der Waals surface area contributed by atoms with Crippen LogP contribution in [0.4, 0.5) is 5.69 Å². The molecule has 0 fully saturated rings. The Balaban J connectivity index is 2.06. The minimum Gasteiger partial charge on any atom is -0.462 e. The van der Waals surface area contributed by atoms with Gasteiger partial charge in [-0.25, -0.2) is 9.59 Å². The number of hydrogen-bond acceptors (Lipinski definition) is 5. The molecule has 6 heteroatoms. The van der Waals surface area contributed by atoms with Crippen LogP contribution in [0.2, 0.25) is 0 Å². The molecule has 1 aromatic heterocycles. The topological polar surface area (TPSA) is 80.4 Å². The zero-order valence-electron chi connectivity index (χ0n) is 16.5. The molecule has 0 amide bonds. The van der Waals surface area contributed by atoms with Gasteiger partial charge in [0, 0.05) is 33.7 Å².